The number of alkyl halides is 2. The van der Waals surface area contributed by atoms with Crippen molar-refractivity contribution in [3.63, 3.8) is 0 Å². The topological polar surface area (TPSA) is 36.4 Å². The van der Waals surface area contributed by atoms with E-state index in [1.165, 1.54) is 4.88 Å². The maximum atomic E-state index is 13.2. The summed E-state index contributed by atoms with van der Waals surface area (Å²) in [6.45, 7) is 4.28. The van der Waals surface area contributed by atoms with Crippen LogP contribution in [0.2, 0.25) is 0 Å². The number of anilines is 1. The van der Waals surface area contributed by atoms with Gasteiger partial charge in [0.25, 0.3) is 5.92 Å². The third-order valence-corrected chi connectivity index (χ3v) is 5.78. The number of aromatic nitrogens is 1. The largest absolute Gasteiger partial charge is 0.348 e. The van der Waals surface area contributed by atoms with Crippen molar-refractivity contribution in [2.24, 2.45) is 5.92 Å². The molecule has 0 saturated carbocycles. The van der Waals surface area contributed by atoms with Gasteiger partial charge in [0.2, 0.25) is 5.91 Å². The van der Waals surface area contributed by atoms with Crippen molar-refractivity contribution in [3.05, 3.63) is 11.1 Å². The third-order valence-electron chi connectivity index (χ3n) is 4.81. The Morgan fingerprint density at radius 1 is 1.30 bits per heavy atom. The van der Waals surface area contributed by atoms with Gasteiger partial charge in [0.1, 0.15) is 0 Å². The molecule has 23 heavy (non-hydrogen) atoms. The second-order valence-corrected chi connectivity index (χ2v) is 7.84. The highest BCUT2D eigenvalue weighted by atomic mass is 32.1. The molecule has 0 bridgehead atoms. The first-order chi connectivity index (χ1) is 10.9. The Labute approximate surface area is 139 Å². The standard InChI is InChI=1S/C16H23F2N3OS/c1-12-11-19-15(23-12)21-6-2-13(3-7-21)10-14(22)20-8-4-16(17,18)5-9-20/h11,13H,2-10H2,1H3. The van der Waals surface area contributed by atoms with E-state index in [9.17, 15) is 13.6 Å². The second kappa shape index (κ2) is 6.71. The minimum absolute atomic E-state index is 0.0454. The average Bonchev–Trinajstić information content (AvgIpc) is 2.94. The molecule has 7 heteroatoms. The average molecular weight is 343 g/mol. The molecule has 2 aliphatic heterocycles. The SMILES string of the molecule is Cc1cnc(N2CCC(CC(=O)N3CCC(F)(F)CC3)CC2)s1. The monoisotopic (exact) mass is 343 g/mol. The minimum atomic E-state index is -2.59. The molecule has 128 valence electrons. The van der Waals surface area contributed by atoms with Gasteiger partial charge in [0.15, 0.2) is 5.13 Å². The van der Waals surface area contributed by atoms with Crippen molar-refractivity contribution in [2.75, 3.05) is 31.1 Å². The minimum Gasteiger partial charge on any atom is -0.348 e. The van der Waals surface area contributed by atoms with Crippen LogP contribution < -0.4 is 4.90 Å². The van der Waals surface area contributed by atoms with E-state index >= 15 is 0 Å². The van der Waals surface area contributed by atoms with Gasteiger partial charge in [-0.15, -0.1) is 11.3 Å². The van der Waals surface area contributed by atoms with Crippen LogP contribution in [0.5, 0.6) is 0 Å². The Kier molecular flexibility index (Phi) is 4.85. The Morgan fingerprint density at radius 3 is 2.52 bits per heavy atom. The molecule has 4 nitrogen and oxygen atoms in total. The highest BCUT2D eigenvalue weighted by Crippen LogP contribution is 2.31. The van der Waals surface area contributed by atoms with E-state index in [4.69, 9.17) is 0 Å². The number of piperidine rings is 2. The summed E-state index contributed by atoms with van der Waals surface area (Å²) in [7, 11) is 0. The van der Waals surface area contributed by atoms with E-state index in [2.05, 4.69) is 16.8 Å². The molecule has 2 fully saturated rings. The Morgan fingerprint density at radius 2 is 1.96 bits per heavy atom. The van der Waals surface area contributed by atoms with Gasteiger partial charge in [0.05, 0.1) is 0 Å². The van der Waals surface area contributed by atoms with Gasteiger partial charge in [-0.05, 0) is 25.7 Å². The van der Waals surface area contributed by atoms with Crippen molar-refractivity contribution in [1.29, 1.82) is 0 Å². The molecule has 0 aromatic carbocycles. The van der Waals surface area contributed by atoms with Crippen LogP contribution in [0.3, 0.4) is 0 Å². The molecule has 1 amide bonds. The van der Waals surface area contributed by atoms with Gasteiger partial charge in [-0.2, -0.15) is 0 Å². The fourth-order valence-electron chi connectivity index (χ4n) is 3.28. The second-order valence-electron chi connectivity index (χ2n) is 6.62. The number of likely N-dealkylation sites (tertiary alicyclic amines) is 1. The number of nitrogens with zero attached hydrogens (tertiary/aromatic N) is 3. The van der Waals surface area contributed by atoms with E-state index in [0.29, 0.717) is 12.3 Å². The first-order valence-corrected chi connectivity index (χ1v) is 9.07. The zero-order chi connectivity index (χ0) is 16.4. The predicted molar refractivity (Wildman–Crippen MR) is 87.2 cm³/mol. The molecule has 1 aromatic rings. The Hall–Kier alpha value is -1.24. The number of carbonyl (C=O) groups excluding carboxylic acids is 1. The fraction of sp³-hybridized carbons (Fsp3) is 0.750. The van der Waals surface area contributed by atoms with E-state index in [0.717, 1.165) is 31.1 Å². The number of hydrogen-bond donors (Lipinski definition) is 0. The number of carbonyl (C=O) groups is 1. The number of thiazole rings is 1. The predicted octanol–water partition coefficient (Wildman–Crippen LogP) is 3.32. The maximum absolute atomic E-state index is 13.2. The van der Waals surface area contributed by atoms with Gasteiger partial charge in [-0.25, -0.2) is 13.8 Å². The molecule has 3 heterocycles. The summed E-state index contributed by atoms with van der Waals surface area (Å²) < 4.78 is 26.3. The number of aryl methyl sites for hydroxylation is 1. The van der Waals surface area contributed by atoms with Crippen LogP contribution in [-0.4, -0.2) is 47.9 Å². The van der Waals surface area contributed by atoms with E-state index in [1.807, 2.05) is 6.20 Å². The third kappa shape index (κ3) is 4.19. The van der Waals surface area contributed by atoms with Gasteiger partial charge < -0.3 is 9.80 Å². The number of amides is 1. The smallest absolute Gasteiger partial charge is 0.251 e. The molecular weight excluding hydrogens is 320 g/mol. The lowest BCUT2D eigenvalue weighted by molar-refractivity contribution is -0.138. The summed E-state index contributed by atoms with van der Waals surface area (Å²) in [6, 6.07) is 0. The molecule has 1 aromatic heterocycles. The highest BCUT2D eigenvalue weighted by molar-refractivity contribution is 7.15. The zero-order valence-corrected chi connectivity index (χ0v) is 14.2. The fourth-order valence-corrected chi connectivity index (χ4v) is 4.09. The maximum Gasteiger partial charge on any atom is 0.251 e. The normalized spacial score (nSPS) is 22.4. The number of rotatable bonds is 3. The van der Waals surface area contributed by atoms with E-state index < -0.39 is 5.92 Å². The summed E-state index contributed by atoms with van der Waals surface area (Å²) in [5, 5.41) is 1.06. The van der Waals surface area contributed by atoms with Gasteiger partial charge >= 0.3 is 0 Å². The Bertz CT molecular complexity index is 545. The van der Waals surface area contributed by atoms with Crippen LogP contribution in [0.4, 0.5) is 13.9 Å². The molecule has 0 spiro atoms. The molecule has 0 unspecified atom stereocenters. The van der Waals surface area contributed by atoms with Crippen LogP contribution >= 0.6 is 11.3 Å². The summed E-state index contributed by atoms with van der Waals surface area (Å²) in [5.74, 6) is -2.18. The summed E-state index contributed by atoms with van der Waals surface area (Å²) >= 11 is 1.70. The van der Waals surface area contributed by atoms with Crippen LogP contribution in [0, 0.1) is 12.8 Å². The number of halogens is 2. The van der Waals surface area contributed by atoms with Crippen molar-refractivity contribution in [2.45, 2.75) is 45.0 Å². The summed E-state index contributed by atoms with van der Waals surface area (Å²) in [5.41, 5.74) is 0. The highest BCUT2D eigenvalue weighted by Gasteiger charge is 2.36. The molecular formula is C16H23F2N3OS. The molecule has 0 aliphatic carbocycles. The van der Waals surface area contributed by atoms with Crippen LogP contribution in [0.15, 0.2) is 6.20 Å². The van der Waals surface area contributed by atoms with Crippen molar-refractivity contribution >= 4 is 22.4 Å². The molecule has 0 atom stereocenters. The van der Waals surface area contributed by atoms with Crippen LogP contribution in [0.25, 0.3) is 0 Å². The van der Waals surface area contributed by atoms with Crippen molar-refractivity contribution in [3.8, 4) is 0 Å². The quantitative estimate of drug-likeness (QED) is 0.845. The first kappa shape index (κ1) is 16.6. The van der Waals surface area contributed by atoms with Crippen LogP contribution in [-0.2, 0) is 4.79 Å². The summed E-state index contributed by atoms with van der Waals surface area (Å²) in [4.78, 5) is 21.8. The van der Waals surface area contributed by atoms with Crippen molar-refractivity contribution < 1.29 is 13.6 Å². The van der Waals surface area contributed by atoms with Gasteiger partial charge in [-0.3, -0.25) is 4.79 Å². The molecule has 0 N–H and O–H groups in total. The van der Waals surface area contributed by atoms with E-state index in [-0.39, 0.29) is 31.8 Å². The molecule has 0 radical (unpaired) electrons. The first-order valence-electron chi connectivity index (χ1n) is 8.26. The lowest BCUT2D eigenvalue weighted by Gasteiger charge is -2.35. The zero-order valence-electron chi connectivity index (χ0n) is 13.4. The van der Waals surface area contributed by atoms with Crippen LogP contribution in [0.1, 0.15) is 37.0 Å². The Balaban J connectivity index is 1.44. The molecule has 2 aliphatic rings. The molecule has 3 rings (SSSR count). The lowest BCUT2D eigenvalue weighted by atomic mass is 9.92. The molecule has 2 saturated heterocycles. The van der Waals surface area contributed by atoms with Gasteiger partial charge in [0, 0.05) is 56.5 Å². The van der Waals surface area contributed by atoms with Crippen molar-refractivity contribution in [1.82, 2.24) is 9.88 Å². The lowest BCUT2D eigenvalue weighted by Crippen LogP contribution is -2.44. The number of hydrogen-bond acceptors (Lipinski definition) is 4. The van der Waals surface area contributed by atoms with Gasteiger partial charge in [-0.1, -0.05) is 0 Å². The summed E-state index contributed by atoms with van der Waals surface area (Å²) in [6.07, 6.45) is 3.93. The van der Waals surface area contributed by atoms with E-state index in [1.54, 1.807) is 16.2 Å².